The number of esters is 1. The summed E-state index contributed by atoms with van der Waals surface area (Å²) in [4.78, 5) is 44.3. The molecule has 1 aromatic carbocycles. The van der Waals surface area contributed by atoms with E-state index < -0.39 is 12.0 Å². The average molecular weight is 480 g/mol. The van der Waals surface area contributed by atoms with Crippen molar-refractivity contribution in [3.8, 4) is 5.75 Å². The van der Waals surface area contributed by atoms with Crippen molar-refractivity contribution >= 4 is 11.9 Å². The predicted molar refractivity (Wildman–Crippen MR) is 127 cm³/mol. The van der Waals surface area contributed by atoms with Crippen molar-refractivity contribution in [3.05, 3.63) is 76.2 Å². The molecule has 0 radical (unpaired) electrons. The smallest absolute Gasteiger partial charge is 0.343 e. The van der Waals surface area contributed by atoms with Crippen molar-refractivity contribution in [3.63, 3.8) is 0 Å². The molecule has 0 N–H and O–H groups in total. The molecule has 4 rings (SSSR count). The van der Waals surface area contributed by atoms with Crippen LogP contribution in [0, 0.1) is 0 Å². The fourth-order valence-corrected chi connectivity index (χ4v) is 4.30. The molecular weight excluding hydrogens is 450 g/mol. The van der Waals surface area contributed by atoms with Gasteiger partial charge in [0, 0.05) is 37.8 Å². The van der Waals surface area contributed by atoms with Crippen LogP contribution in [-0.4, -0.2) is 62.9 Å². The summed E-state index contributed by atoms with van der Waals surface area (Å²) >= 11 is 0. The number of nitrogens with zero attached hydrogens (tertiary/aromatic N) is 5. The first-order valence-electron chi connectivity index (χ1n) is 11.6. The second-order valence-corrected chi connectivity index (χ2v) is 8.38. The maximum Gasteiger partial charge on any atom is 0.343 e. The molecule has 35 heavy (non-hydrogen) atoms. The molecule has 0 saturated heterocycles. The molecule has 184 valence electrons. The van der Waals surface area contributed by atoms with Crippen LogP contribution in [0.5, 0.6) is 5.75 Å². The van der Waals surface area contributed by atoms with Crippen molar-refractivity contribution in [2.75, 3.05) is 26.8 Å². The van der Waals surface area contributed by atoms with Crippen LogP contribution in [0.1, 0.15) is 41.0 Å². The Morgan fingerprint density at radius 1 is 1.14 bits per heavy atom. The molecule has 0 aliphatic carbocycles. The Bertz CT molecular complexity index is 1220. The van der Waals surface area contributed by atoms with Crippen LogP contribution in [0.25, 0.3) is 0 Å². The van der Waals surface area contributed by atoms with Gasteiger partial charge in [0.15, 0.2) is 0 Å². The van der Waals surface area contributed by atoms with Gasteiger partial charge >= 0.3 is 5.97 Å². The molecule has 1 atom stereocenters. The van der Waals surface area contributed by atoms with Crippen LogP contribution in [0.2, 0.25) is 0 Å². The Hall–Kier alpha value is -3.95. The highest BCUT2D eigenvalue weighted by Gasteiger charge is 2.29. The van der Waals surface area contributed by atoms with Gasteiger partial charge in [-0.05, 0) is 25.3 Å². The maximum absolute atomic E-state index is 13.1. The van der Waals surface area contributed by atoms with Crippen molar-refractivity contribution in [2.45, 2.75) is 38.8 Å². The molecule has 0 saturated carbocycles. The summed E-state index contributed by atoms with van der Waals surface area (Å²) in [7, 11) is 1.30. The highest BCUT2D eigenvalue weighted by molar-refractivity contribution is 5.93. The highest BCUT2D eigenvalue weighted by atomic mass is 16.5. The summed E-state index contributed by atoms with van der Waals surface area (Å²) in [5.41, 5.74) is 1.68. The minimum atomic E-state index is -0.567. The number of hydrogen-bond donors (Lipinski definition) is 0. The number of carbonyl (C=O) groups is 2. The van der Waals surface area contributed by atoms with Gasteiger partial charge < -0.3 is 18.9 Å². The van der Waals surface area contributed by atoms with E-state index in [1.54, 1.807) is 11.8 Å². The first-order valence-corrected chi connectivity index (χ1v) is 11.6. The van der Waals surface area contributed by atoms with Gasteiger partial charge in [0.25, 0.3) is 5.56 Å². The first kappa shape index (κ1) is 24.2. The van der Waals surface area contributed by atoms with Gasteiger partial charge in [0.2, 0.25) is 5.91 Å². The molecule has 0 spiro atoms. The van der Waals surface area contributed by atoms with Gasteiger partial charge in [0.1, 0.15) is 30.0 Å². The molecule has 1 unspecified atom stereocenters. The summed E-state index contributed by atoms with van der Waals surface area (Å²) in [6.07, 6.45) is 4.74. The topological polar surface area (TPSA) is 109 Å². The summed E-state index contributed by atoms with van der Waals surface area (Å²) < 4.78 is 14.0. The number of carbonyl (C=O) groups excluding carboxylic acids is 2. The molecule has 3 aromatic rings. The summed E-state index contributed by atoms with van der Waals surface area (Å²) in [6, 6.07) is 10.8. The summed E-state index contributed by atoms with van der Waals surface area (Å²) in [5.74, 6) is -0.479. The molecule has 0 fully saturated rings. The second-order valence-electron chi connectivity index (χ2n) is 8.38. The van der Waals surface area contributed by atoms with Crippen LogP contribution in [0.15, 0.2) is 53.8 Å². The third-order valence-electron chi connectivity index (χ3n) is 6.20. The normalized spacial score (nSPS) is 14.1. The number of aromatic nitrogens is 4. The Labute approximate surface area is 203 Å². The molecule has 10 heteroatoms. The minimum absolute atomic E-state index is 0.131. The van der Waals surface area contributed by atoms with Crippen LogP contribution >= 0.6 is 0 Å². The Balaban J connectivity index is 1.52. The van der Waals surface area contributed by atoms with Crippen molar-refractivity contribution < 1.29 is 19.1 Å². The third kappa shape index (κ3) is 5.42. The number of pyridine rings is 1. The molecule has 1 aliphatic heterocycles. The summed E-state index contributed by atoms with van der Waals surface area (Å²) in [6.45, 7) is 3.05. The van der Waals surface area contributed by atoms with Gasteiger partial charge in [-0.15, -0.1) is 0 Å². The number of hydrogen-bond acceptors (Lipinski definition) is 7. The van der Waals surface area contributed by atoms with Crippen LogP contribution in [-0.2, 0) is 28.9 Å². The molecule has 2 aromatic heterocycles. The fraction of sp³-hybridized carbons (Fsp3) is 0.400. The zero-order valence-electron chi connectivity index (χ0n) is 19.9. The lowest BCUT2D eigenvalue weighted by Crippen LogP contribution is -2.38. The third-order valence-corrected chi connectivity index (χ3v) is 6.20. The number of benzene rings is 1. The van der Waals surface area contributed by atoms with Crippen molar-refractivity contribution in [1.29, 1.82) is 0 Å². The number of methoxy groups -OCH3 is 1. The molecule has 0 bridgehead atoms. The summed E-state index contributed by atoms with van der Waals surface area (Å²) in [5, 5.41) is 4.05. The van der Waals surface area contributed by atoms with E-state index >= 15 is 0 Å². The van der Waals surface area contributed by atoms with E-state index in [1.807, 2.05) is 30.3 Å². The van der Waals surface area contributed by atoms with Crippen molar-refractivity contribution in [1.82, 2.24) is 24.2 Å². The van der Waals surface area contributed by atoms with E-state index in [1.165, 1.54) is 40.6 Å². The maximum atomic E-state index is 13.1. The molecule has 1 aliphatic rings. The van der Waals surface area contributed by atoms with Gasteiger partial charge in [0.05, 0.1) is 13.7 Å². The average Bonchev–Trinajstić information content (AvgIpc) is 3.33. The largest absolute Gasteiger partial charge is 0.492 e. The first-order chi connectivity index (χ1) is 17.0. The predicted octanol–water partition coefficient (Wildman–Crippen LogP) is 1.88. The van der Waals surface area contributed by atoms with Gasteiger partial charge in [-0.3, -0.25) is 9.59 Å². The number of rotatable bonds is 8. The van der Waals surface area contributed by atoms with E-state index in [-0.39, 0.29) is 29.3 Å². The lowest BCUT2D eigenvalue weighted by atomic mass is 10.1. The standard InChI is InChI=1S/C25H29N5O5/c1-18(30-17-26-16-27-30)24(32)28-11-10-20-23(25(33)34-2)21(15-22(31)29(20)13-12-28)35-14-6-9-19-7-4-3-5-8-19/h3-5,7-8,15-18H,6,9-14H2,1-2H3. The van der Waals surface area contributed by atoms with E-state index in [0.717, 1.165) is 12.8 Å². The zero-order valence-corrected chi connectivity index (χ0v) is 19.9. The Morgan fingerprint density at radius 2 is 1.94 bits per heavy atom. The van der Waals surface area contributed by atoms with Crippen molar-refractivity contribution in [2.24, 2.45) is 0 Å². The molecule has 3 heterocycles. The van der Waals surface area contributed by atoms with Crippen LogP contribution < -0.4 is 10.3 Å². The van der Waals surface area contributed by atoms with E-state index in [0.29, 0.717) is 31.8 Å². The lowest BCUT2D eigenvalue weighted by molar-refractivity contribution is -0.134. The van der Waals surface area contributed by atoms with Crippen LogP contribution in [0.4, 0.5) is 0 Å². The van der Waals surface area contributed by atoms with E-state index in [9.17, 15) is 14.4 Å². The van der Waals surface area contributed by atoms with E-state index in [4.69, 9.17) is 9.47 Å². The number of ether oxygens (including phenoxy) is 2. The second kappa shape index (κ2) is 11.0. The zero-order chi connectivity index (χ0) is 24.8. The van der Waals surface area contributed by atoms with Gasteiger partial charge in [-0.2, -0.15) is 5.10 Å². The number of aryl methyl sites for hydroxylation is 1. The van der Waals surface area contributed by atoms with E-state index in [2.05, 4.69) is 10.1 Å². The number of amides is 1. The molecule has 10 nitrogen and oxygen atoms in total. The Morgan fingerprint density at radius 3 is 2.66 bits per heavy atom. The fourth-order valence-electron chi connectivity index (χ4n) is 4.30. The highest BCUT2D eigenvalue weighted by Crippen LogP contribution is 2.25. The number of fused-ring (bicyclic) bond motifs is 1. The molecule has 1 amide bonds. The van der Waals surface area contributed by atoms with Crippen LogP contribution in [0.3, 0.4) is 0 Å². The minimum Gasteiger partial charge on any atom is -0.492 e. The lowest BCUT2D eigenvalue weighted by Gasteiger charge is -2.23. The van der Waals surface area contributed by atoms with Gasteiger partial charge in [-0.25, -0.2) is 14.5 Å². The SMILES string of the molecule is COC(=O)c1c(OCCCc2ccccc2)cc(=O)n2c1CCN(C(=O)C(C)n1cncn1)CC2. The monoisotopic (exact) mass is 479 g/mol. The van der Waals surface area contributed by atoms with Gasteiger partial charge in [-0.1, -0.05) is 30.3 Å². The Kier molecular flexibility index (Phi) is 7.59. The quantitative estimate of drug-likeness (QED) is 0.359. The molecular formula is C25H29N5O5.